The summed E-state index contributed by atoms with van der Waals surface area (Å²) in [5.74, 6) is 0.311. The minimum atomic E-state index is -0.374. The van der Waals surface area contributed by atoms with Gasteiger partial charge in [-0.05, 0) is 59.3 Å². The Balaban J connectivity index is 1.47. The van der Waals surface area contributed by atoms with Crippen LogP contribution in [0.15, 0.2) is 70.3 Å². The first-order valence-corrected chi connectivity index (χ1v) is 8.50. The lowest BCUT2D eigenvalue weighted by Crippen LogP contribution is -2.18. The lowest BCUT2D eigenvalue weighted by molar-refractivity contribution is 0.0994. The topological polar surface area (TPSA) is 108 Å². The smallest absolute Gasteiger partial charge is 0.291 e. The molecule has 0 atom stereocenters. The number of pyridine rings is 1. The van der Waals surface area contributed by atoms with Gasteiger partial charge in [0.15, 0.2) is 5.76 Å². The molecule has 4 aromatic rings. The van der Waals surface area contributed by atoms with E-state index in [1.54, 1.807) is 41.2 Å². The van der Waals surface area contributed by atoms with Crippen LogP contribution in [0.4, 0.5) is 5.69 Å². The highest BCUT2D eigenvalue weighted by atomic mass is 16.4. The fraction of sp³-hybridized carbons (Fsp3) is 0.105. The third kappa shape index (κ3) is 3.58. The lowest BCUT2D eigenvalue weighted by atomic mass is 10.2. The van der Waals surface area contributed by atoms with Crippen molar-refractivity contribution in [1.29, 1.82) is 0 Å². The van der Waals surface area contributed by atoms with E-state index in [0.29, 0.717) is 11.4 Å². The van der Waals surface area contributed by atoms with E-state index in [4.69, 9.17) is 4.42 Å². The molecule has 0 saturated heterocycles. The third-order valence-electron chi connectivity index (χ3n) is 4.16. The van der Waals surface area contributed by atoms with Crippen LogP contribution in [0.3, 0.4) is 0 Å². The van der Waals surface area contributed by atoms with Gasteiger partial charge in [0, 0.05) is 18.0 Å². The second-order valence-corrected chi connectivity index (χ2v) is 6.14. The summed E-state index contributed by atoms with van der Waals surface area (Å²) in [5, 5.41) is 13.9. The molecule has 0 aliphatic carbocycles. The van der Waals surface area contributed by atoms with Crippen molar-refractivity contribution in [3.05, 3.63) is 88.5 Å². The van der Waals surface area contributed by atoms with Crippen LogP contribution < -0.4 is 10.9 Å². The van der Waals surface area contributed by atoms with Gasteiger partial charge >= 0.3 is 0 Å². The first-order chi connectivity index (χ1) is 13.6. The van der Waals surface area contributed by atoms with Crippen molar-refractivity contribution in [2.24, 2.45) is 0 Å². The summed E-state index contributed by atoms with van der Waals surface area (Å²) in [7, 11) is 0. The van der Waals surface area contributed by atoms with Crippen LogP contribution >= 0.6 is 0 Å². The maximum absolute atomic E-state index is 12.5. The Labute approximate surface area is 159 Å². The average molecular weight is 376 g/mol. The SMILES string of the molecule is Cc1cc(NC(=O)c2ccc(Cn3ccccc3=O)o2)ccc1-n1cnnn1. The van der Waals surface area contributed by atoms with E-state index in [1.807, 2.05) is 19.1 Å². The molecule has 0 saturated carbocycles. The Hall–Kier alpha value is -4.01. The van der Waals surface area contributed by atoms with E-state index in [9.17, 15) is 9.59 Å². The van der Waals surface area contributed by atoms with Crippen LogP contribution in [0.5, 0.6) is 0 Å². The number of anilines is 1. The Kier molecular flexibility index (Phi) is 4.55. The molecule has 1 N–H and O–H groups in total. The molecule has 1 aromatic carbocycles. The number of carbonyl (C=O) groups is 1. The Bertz CT molecular complexity index is 1180. The highest BCUT2D eigenvalue weighted by molar-refractivity contribution is 6.02. The number of nitrogens with zero attached hydrogens (tertiary/aromatic N) is 5. The summed E-state index contributed by atoms with van der Waals surface area (Å²) >= 11 is 0. The van der Waals surface area contributed by atoms with E-state index in [1.165, 1.54) is 17.0 Å². The molecule has 0 spiro atoms. The van der Waals surface area contributed by atoms with Crippen LogP contribution in [0.25, 0.3) is 5.69 Å². The van der Waals surface area contributed by atoms with E-state index in [-0.39, 0.29) is 23.8 Å². The van der Waals surface area contributed by atoms with E-state index >= 15 is 0 Å². The zero-order chi connectivity index (χ0) is 19.5. The first-order valence-electron chi connectivity index (χ1n) is 8.50. The van der Waals surface area contributed by atoms with Crippen molar-refractivity contribution < 1.29 is 9.21 Å². The van der Waals surface area contributed by atoms with Gasteiger partial charge in [-0.2, -0.15) is 0 Å². The second-order valence-electron chi connectivity index (χ2n) is 6.14. The summed E-state index contributed by atoms with van der Waals surface area (Å²) < 4.78 is 8.64. The van der Waals surface area contributed by atoms with Gasteiger partial charge < -0.3 is 14.3 Å². The molecular weight excluding hydrogens is 360 g/mol. The maximum atomic E-state index is 12.5. The molecule has 1 amide bonds. The zero-order valence-electron chi connectivity index (χ0n) is 14.9. The number of rotatable bonds is 5. The van der Waals surface area contributed by atoms with Crippen LogP contribution in [-0.4, -0.2) is 30.7 Å². The van der Waals surface area contributed by atoms with Gasteiger partial charge in [-0.3, -0.25) is 9.59 Å². The minimum absolute atomic E-state index is 0.136. The fourth-order valence-corrected chi connectivity index (χ4v) is 2.80. The molecule has 0 radical (unpaired) electrons. The maximum Gasteiger partial charge on any atom is 0.291 e. The molecule has 3 heterocycles. The van der Waals surface area contributed by atoms with Crippen molar-refractivity contribution in [3.8, 4) is 5.69 Å². The van der Waals surface area contributed by atoms with Crippen LogP contribution in [0, 0.1) is 6.92 Å². The van der Waals surface area contributed by atoms with Crippen LogP contribution in [0.2, 0.25) is 0 Å². The molecule has 9 nitrogen and oxygen atoms in total. The van der Waals surface area contributed by atoms with E-state index in [0.717, 1.165) is 11.3 Å². The average Bonchev–Trinajstić information content (AvgIpc) is 3.36. The standard InChI is InChI=1S/C19H16N6O3/c1-13-10-14(5-7-16(13)25-12-20-22-23-25)21-19(27)17-8-6-15(28-17)11-24-9-3-2-4-18(24)26/h2-10,12H,11H2,1H3,(H,21,27). The minimum Gasteiger partial charge on any atom is -0.454 e. The molecule has 0 unspecified atom stereocenters. The predicted molar refractivity (Wildman–Crippen MR) is 100 cm³/mol. The Morgan fingerprint density at radius 2 is 2.07 bits per heavy atom. The first kappa shape index (κ1) is 17.4. The summed E-state index contributed by atoms with van der Waals surface area (Å²) in [6.07, 6.45) is 3.17. The van der Waals surface area contributed by atoms with Gasteiger partial charge in [0.25, 0.3) is 11.5 Å². The van der Waals surface area contributed by atoms with Gasteiger partial charge in [-0.15, -0.1) is 5.10 Å². The summed E-state index contributed by atoms with van der Waals surface area (Å²) in [5.41, 5.74) is 2.20. The van der Waals surface area contributed by atoms with Gasteiger partial charge in [-0.1, -0.05) is 6.07 Å². The Morgan fingerprint density at radius 1 is 1.18 bits per heavy atom. The number of benzene rings is 1. The number of carbonyl (C=O) groups excluding carboxylic acids is 1. The molecule has 4 rings (SSSR count). The quantitative estimate of drug-likeness (QED) is 0.571. The van der Waals surface area contributed by atoms with Crippen LogP contribution in [-0.2, 0) is 6.54 Å². The fourth-order valence-electron chi connectivity index (χ4n) is 2.80. The molecule has 9 heteroatoms. The van der Waals surface area contributed by atoms with Crippen molar-refractivity contribution in [2.75, 3.05) is 5.32 Å². The summed E-state index contributed by atoms with van der Waals surface area (Å²) in [6, 6.07) is 13.6. The molecule has 140 valence electrons. The highest BCUT2D eigenvalue weighted by Gasteiger charge is 2.13. The normalized spacial score (nSPS) is 10.8. The number of amides is 1. The number of hydrogen-bond acceptors (Lipinski definition) is 6. The largest absolute Gasteiger partial charge is 0.454 e. The van der Waals surface area contributed by atoms with Gasteiger partial charge in [0.1, 0.15) is 12.1 Å². The molecule has 0 aliphatic rings. The summed E-state index contributed by atoms with van der Waals surface area (Å²) in [4.78, 5) is 24.2. The van der Waals surface area contributed by atoms with E-state index in [2.05, 4.69) is 20.8 Å². The van der Waals surface area contributed by atoms with Crippen LogP contribution in [0.1, 0.15) is 21.9 Å². The van der Waals surface area contributed by atoms with Gasteiger partial charge in [-0.25, -0.2) is 4.68 Å². The second kappa shape index (κ2) is 7.31. The lowest BCUT2D eigenvalue weighted by Gasteiger charge is -2.08. The number of aromatic nitrogens is 5. The van der Waals surface area contributed by atoms with Crippen molar-refractivity contribution in [1.82, 2.24) is 24.8 Å². The highest BCUT2D eigenvalue weighted by Crippen LogP contribution is 2.19. The molecule has 3 aromatic heterocycles. The van der Waals surface area contributed by atoms with Gasteiger partial charge in [0.2, 0.25) is 0 Å². The molecule has 0 bridgehead atoms. The van der Waals surface area contributed by atoms with Crippen molar-refractivity contribution >= 4 is 11.6 Å². The number of nitrogens with one attached hydrogen (secondary N) is 1. The predicted octanol–water partition coefficient (Wildman–Crippen LogP) is 2.03. The monoisotopic (exact) mass is 376 g/mol. The third-order valence-corrected chi connectivity index (χ3v) is 4.16. The molecule has 28 heavy (non-hydrogen) atoms. The number of furan rings is 1. The molecule has 0 fully saturated rings. The van der Waals surface area contributed by atoms with Crippen molar-refractivity contribution in [3.63, 3.8) is 0 Å². The molecule has 0 aliphatic heterocycles. The Morgan fingerprint density at radius 3 is 2.82 bits per heavy atom. The molecular formula is C19H16N6O3. The van der Waals surface area contributed by atoms with Crippen molar-refractivity contribution in [2.45, 2.75) is 13.5 Å². The number of tetrazole rings is 1. The zero-order valence-corrected chi connectivity index (χ0v) is 14.9. The number of aryl methyl sites for hydroxylation is 1. The number of hydrogen-bond donors (Lipinski definition) is 1. The summed E-state index contributed by atoms with van der Waals surface area (Å²) in [6.45, 7) is 2.15. The van der Waals surface area contributed by atoms with Gasteiger partial charge in [0.05, 0.1) is 12.2 Å². The van der Waals surface area contributed by atoms with E-state index < -0.39 is 0 Å².